The Bertz CT molecular complexity index is 282. The summed E-state index contributed by atoms with van der Waals surface area (Å²) in [4.78, 5) is 0. The van der Waals surface area contributed by atoms with Gasteiger partial charge in [0.05, 0.1) is 18.3 Å². The minimum atomic E-state index is 0.167. The molecule has 4 heteroatoms. The Labute approximate surface area is 121 Å². The van der Waals surface area contributed by atoms with Crippen LogP contribution in [0.5, 0.6) is 0 Å². The van der Waals surface area contributed by atoms with Crippen LogP contribution in [0.25, 0.3) is 0 Å². The average molecular weight is 285 g/mol. The van der Waals surface area contributed by atoms with Gasteiger partial charge in [-0.15, -0.1) is 0 Å². The fraction of sp³-hybridized carbons (Fsp3) is 1.00. The third-order valence-electron chi connectivity index (χ3n) is 5.11. The van der Waals surface area contributed by atoms with Gasteiger partial charge in [0.2, 0.25) is 0 Å². The summed E-state index contributed by atoms with van der Waals surface area (Å²) in [5.74, 6) is 2.79. The third-order valence-corrected chi connectivity index (χ3v) is 6.13. The van der Waals surface area contributed by atoms with Crippen molar-refractivity contribution in [2.24, 2.45) is 11.7 Å². The number of ether oxygens (including phenoxy) is 2. The lowest BCUT2D eigenvalue weighted by atomic mass is 9.73. The Morgan fingerprint density at radius 1 is 1.16 bits per heavy atom. The summed E-state index contributed by atoms with van der Waals surface area (Å²) in [7, 11) is 0. The molecule has 0 aromatic heterocycles. The van der Waals surface area contributed by atoms with Gasteiger partial charge in [-0.25, -0.2) is 0 Å². The van der Waals surface area contributed by atoms with Crippen LogP contribution in [-0.2, 0) is 9.47 Å². The second-order valence-corrected chi connectivity index (χ2v) is 7.56. The summed E-state index contributed by atoms with van der Waals surface area (Å²) in [6.45, 7) is 1.77. The zero-order valence-corrected chi connectivity index (χ0v) is 12.6. The fourth-order valence-corrected chi connectivity index (χ4v) is 4.90. The van der Waals surface area contributed by atoms with Crippen LogP contribution in [0, 0.1) is 5.92 Å². The van der Waals surface area contributed by atoms with Crippen molar-refractivity contribution in [3.05, 3.63) is 0 Å². The van der Waals surface area contributed by atoms with Gasteiger partial charge in [-0.05, 0) is 31.6 Å². The van der Waals surface area contributed by atoms with Crippen molar-refractivity contribution in [3.63, 3.8) is 0 Å². The van der Waals surface area contributed by atoms with Gasteiger partial charge in [-0.1, -0.05) is 19.3 Å². The van der Waals surface area contributed by atoms with Crippen LogP contribution in [-0.4, -0.2) is 42.5 Å². The Hall–Kier alpha value is 0.230. The third kappa shape index (κ3) is 3.29. The van der Waals surface area contributed by atoms with Crippen molar-refractivity contribution in [1.82, 2.24) is 0 Å². The van der Waals surface area contributed by atoms with Crippen molar-refractivity contribution >= 4 is 11.8 Å². The Balaban J connectivity index is 1.60. The molecule has 3 nitrogen and oxygen atoms in total. The van der Waals surface area contributed by atoms with Crippen molar-refractivity contribution in [2.75, 3.05) is 24.7 Å². The van der Waals surface area contributed by atoms with Gasteiger partial charge in [0, 0.05) is 24.2 Å². The number of nitrogens with two attached hydrogens (primary N) is 1. The molecule has 1 spiro atoms. The molecule has 3 rings (SSSR count). The van der Waals surface area contributed by atoms with E-state index in [1.54, 1.807) is 0 Å². The maximum Gasteiger partial charge on any atom is 0.0819 e. The Kier molecular flexibility index (Phi) is 4.73. The molecule has 3 atom stereocenters. The van der Waals surface area contributed by atoms with Gasteiger partial charge in [0.25, 0.3) is 0 Å². The molecule has 2 aliphatic heterocycles. The average Bonchev–Trinajstić information content (AvgIpc) is 2.48. The lowest BCUT2D eigenvalue weighted by molar-refractivity contribution is -0.126. The molecule has 0 radical (unpaired) electrons. The standard InChI is InChI=1S/C15H27NO2S/c16-14(13-11-19-9-8-17-13)12-4-7-18-15(10-12)5-2-1-3-6-15/h12-14H,1-11,16H2. The molecule has 2 N–H and O–H groups in total. The summed E-state index contributed by atoms with van der Waals surface area (Å²) in [5.41, 5.74) is 6.69. The van der Waals surface area contributed by atoms with Crippen LogP contribution in [0.1, 0.15) is 44.9 Å². The van der Waals surface area contributed by atoms with Gasteiger partial charge in [0.15, 0.2) is 0 Å². The summed E-state index contributed by atoms with van der Waals surface area (Å²) in [5, 5.41) is 0. The molecular weight excluding hydrogens is 258 g/mol. The largest absolute Gasteiger partial charge is 0.375 e. The van der Waals surface area contributed by atoms with E-state index >= 15 is 0 Å². The van der Waals surface area contributed by atoms with Gasteiger partial charge in [-0.2, -0.15) is 11.8 Å². The first kappa shape index (κ1) is 14.2. The van der Waals surface area contributed by atoms with Crippen LogP contribution < -0.4 is 5.73 Å². The zero-order chi connectivity index (χ0) is 13.1. The van der Waals surface area contributed by atoms with Gasteiger partial charge >= 0.3 is 0 Å². The first-order valence-corrected chi connectivity index (χ1v) is 9.03. The molecule has 2 heterocycles. The van der Waals surface area contributed by atoms with Crippen molar-refractivity contribution in [1.29, 1.82) is 0 Å². The molecule has 0 aromatic rings. The summed E-state index contributed by atoms with van der Waals surface area (Å²) in [6.07, 6.45) is 9.08. The Morgan fingerprint density at radius 3 is 2.74 bits per heavy atom. The van der Waals surface area contributed by atoms with E-state index in [-0.39, 0.29) is 17.7 Å². The predicted molar refractivity (Wildman–Crippen MR) is 79.5 cm³/mol. The smallest absolute Gasteiger partial charge is 0.0819 e. The van der Waals surface area contributed by atoms with E-state index in [1.807, 2.05) is 11.8 Å². The molecule has 3 aliphatic rings. The molecule has 3 unspecified atom stereocenters. The number of thioether (sulfide) groups is 1. The quantitative estimate of drug-likeness (QED) is 0.847. The second-order valence-electron chi connectivity index (χ2n) is 6.41. The SMILES string of the molecule is NC(C1CCOC2(CCCCC2)C1)C1CSCCO1. The summed E-state index contributed by atoms with van der Waals surface area (Å²) in [6, 6.07) is 0.204. The Morgan fingerprint density at radius 2 is 2.00 bits per heavy atom. The maximum absolute atomic E-state index is 6.52. The molecule has 1 saturated carbocycles. The number of hydrogen-bond donors (Lipinski definition) is 1. The highest BCUT2D eigenvalue weighted by Crippen LogP contribution is 2.42. The zero-order valence-electron chi connectivity index (χ0n) is 11.8. The van der Waals surface area contributed by atoms with Crippen LogP contribution >= 0.6 is 11.8 Å². The van der Waals surface area contributed by atoms with Crippen LogP contribution in [0.3, 0.4) is 0 Å². The highest BCUT2D eigenvalue weighted by Gasteiger charge is 2.41. The topological polar surface area (TPSA) is 44.5 Å². The van der Waals surface area contributed by atoms with Gasteiger partial charge in [0.1, 0.15) is 0 Å². The highest BCUT2D eigenvalue weighted by atomic mass is 32.2. The van der Waals surface area contributed by atoms with Crippen LogP contribution in [0.4, 0.5) is 0 Å². The van der Waals surface area contributed by atoms with E-state index in [4.69, 9.17) is 15.2 Å². The number of hydrogen-bond acceptors (Lipinski definition) is 4. The molecule has 19 heavy (non-hydrogen) atoms. The van der Waals surface area contributed by atoms with E-state index < -0.39 is 0 Å². The summed E-state index contributed by atoms with van der Waals surface area (Å²) >= 11 is 1.99. The monoisotopic (exact) mass is 285 g/mol. The fourth-order valence-electron chi connectivity index (χ4n) is 3.97. The first-order valence-electron chi connectivity index (χ1n) is 7.88. The summed E-state index contributed by atoms with van der Waals surface area (Å²) < 4.78 is 12.1. The predicted octanol–water partition coefficient (Wildman–Crippen LogP) is 2.58. The molecule has 0 aromatic carbocycles. The van der Waals surface area contributed by atoms with Crippen LogP contribution in [0.2, 0.25) is 0 Å². The molecule has 110 valence electrons. The first-order chi connectivity index (χ1) is 9.29. The normalized spacial score (nSPS) is 37.1. The molecular formula is C15H27NO2S. The van der Waals surface area contributed by atoms with Crippen molar-refractivity contribution in [3.8, 4) is 0 Å². The molecule has 1 aliphatic carbocycles. The van der Waals surface area contributed by atoms with E-state index in [1.165, 1.54) is 38.5 Å². The molecule has 0 bridgehead atoms. The van der Waals surface area contributed by atoms with E-state index in [9.17, 15) is 0 Å². The van der Waals surface area contributed by atoms with Crippen molar-refractivity contribution < 1.29 is 9.47 Å². The van der Waals surface area contributed by atoms with E-state index in [0.717, 1.165) is 31.1 Å². The lowest BCUT2D eigenvalue weighted by Crippen LogP contribution is -2.52. The van der Waals surface area contributed by atoms with Crippen LogP contribution in [0.15, 0.2) is 0 Å². The maximum atomic E-state index is 6.52. The minimum absolute atomic E-state index is 0.167. The molecule has 3 fully saturated rings. The molecule has 2 saturated heterocycles. The van der Waals surface area contributed by atoms with E-state index in [2.05, 4.69) is 0 Å². The highest BCUT2D eigenvalue weighted by molar-refractivity contribution is 7.99. The van der Waals surface area contributed by atoms with Gasteiger partial charge < -0.3 is 15.2 Å². The lowest BCUT2D eigenvalue weighted by Gasteiger charge is -2.46. The molecule has 0 amide bonds. The van der Waals surface area contributed by atoms with Gasteiger partial charge in [-0.3, -0.25) is 0 Å². The minimum Gasteiger partial charge on any atom is -0.375 e. The number of rotatable bonds is 2. The van der Waals surface area contributed by atoms with E-state index in [0.29, 0.717) is 5.92 Å². The van der Waals surface area contributed by atoms with Crippen molar-refractivity contribution in [2.45, 2.75) is 62.7 Å². The second kappa shape index (κ2) is 6.33.